The summed E-state index contributed by atoms with van der Waals surface area (Å²) < 4.78 is 1.87. The zero-order valence-electron chi connectivity index (χ0n) is 5.36. The van der Waals surface area contributed by atoms with E-state index < -0.39 is 0 Å². The first-order valence-electron chi connectivity index (χ1n) is 3.12. The molecule has 0 amide bonds. The number of hydrogen-bond acceptors (Lipinski definition) is 1. The van der Waals surface area contributed by atoms with E-state index in [0.29, 0.717) is 5.75 Å². The van der Waals surface area contributed by atoms with Gasteiger partial charge in [0.05, 0.1) is 6.20 Å². The second kappa shape index (κ2) is 1.77. The quantitative estimate of drug-likeness (QED) is 0.580. The molecule has 2 aromatic heterocycles. The highest BCUT2D eigenvalue weighted by Gasteiger charge is 1.92. The third-order valence-electron chi connectivity index (χ3n) is 1.49. The minimum absolute atomic E-state index is 0.311. The average Bonchev–Trinajstić information content (AvgIpc) is 2.27. The second-order valence-electron chi connectivity index (χ2n) is 2.23. The fraction of sp³-hybridized carbons (Fsp3) is 0. The number of fused-ring (bicyclic) bond motifs is 1. The lowest BCUT2D eigenvalue weighted by atomic mass is 10.4. The Morgan fingerprint density at radius 2 is 2.20 bits per heavy atom. The van der Waals surface area contributed by atoms with Crippen molar-refractivity contribution in [2.24, 2.45) is 0 Å². The first-order valence-corrected chi connectivity index (χ1v) is 3.12. The van der Waals surface area contributed by atoms with Gasteiger partial charge in [0, 0.05) is 17.8 Å². The number of rotatable bonds is 0. The summed E-state index contributed by atoms with van der Waals surface area (Å²) >= 11 is 0. The van der Waals surface area contributed by atoms with Crippen LogP contribution in [0.4, 0.5) is 0 Å². The summed E-state index contributed by atoms with van der Waals surface area (Å²) in [6.45, 7) is 0. The van der Waals surface area contributed by atoms with E-state index in [2.05, 4.69) is 0 Å². The van der Waals surface area contributed by atoms with Crippen LogP contribution in [-0.2, 0) is 0 Å². The van der Waals surface area contributed by atoms with Gasteiger partial charge in [0.15, 0.2) is 0 Å². The molecule has 0 saturated heterocycles. The zero-order valence-corrected chi connectivity index (χ0v) is 5.36. The number of pyridine rings is 1. The van der Waals surface area contributed by atoms with Gasteiger partial charge in [-0.05, 0) is 12.1 Å². The molecule has 0 aromatic carbocycles. The number of nitrogens with zero attached hydrogens (tertiary/aromatic N) is 1. The normalized spacial score (nSPS) is 10.4. The Kier molecular flexibility index (Phi) is 0.947. The topological polar surface area (TPSA) is 24.6 Å². The van der Waals surface area contributed by atoms with Crippen LogP contribution in [0.15, 0.2) is 36.7 Å². The van der Waals surface area contributed by atoms with Crippen LogP contribution in [0.5, 0.6) is 5.75 Å². The van der Waals surface area contributed by atoms with E-state index in [1.165, 1.54) is 0 Å². The first-order chi connectivity index (χ1) is 4.86. The predicted octanol–water partition coefficient (Wildman–Crippen LogP) is 1.64. The predicted molar refractivity (Wildman–Crippen MR) is 39.1 cm³/mol. The minimum atomic E-state index is 0.311. The van der Waals surface area contributed by atoms with Crippen LogP contribution in [-0.4, -0.2) is 9.51 Å². The highest BCUT2D eigenvalue weighted by atomic mass is 16.3. The summed E-state index contributed by atoms with van der Waals surface area (Å²) in [5.41, 5.74) is 1.01. The summed E-state index contributed by atoms with van der Waals surface area (Å²) in [4.78, 5) is 0. The van der Waals surface area contributed by atoms with Gasteiger partial charge >= 0.3 is 0 Å². The summed E-state index contributed by atoms with van der Waals surface area (Å²) in [5.74, 6) is 0.311. The van der Waals surface area contributed by atoms with E-state index in [-0.39, 0.29) is 0 Å². The lowest BCUT2D eigenvalue weighted by molar-refractivity contribution is 0.476. The molecule has 0 fully saturated rings. The van der Waals surface area contributed by atoms with Gasteiger partial charge in [-0.3, -0.25) is 0 Å². The standard InChI is InChI=1S/C8H7NO/c10-8-5-7-3-1-2-4-9(7)6-8/h1-6,10H. The molecule has 0 bridgehead atoms. The second-order valence-corrected chi connectivity index (χ2v) is 2.23. The van der Waals surface area contributed by atoms with Crippen molar-refractivity contribution in [2.75, 3.05) is 0 Å². The highest BCUT2D eigenvalue weighted by Crippen LogP contribution is 2.13. The van der Waals surface area contributed by atoms with Gasteiger partial charge in [-0.25, -0.2) is 0 Å². The number of hydrogen-bond donors (Lipinski definition) is 1. The Morgan fingerprint density at radius 3 is 3.00 bits per heavy atom. The van der Waals surface area contributed by atoms with Crippen molar-refractivity contribution < 1.29 is 5.11 Å². The lowest BCUT2D eigenvalue weighted by Crippen LogP contribution is -1.75. The summed E-state index contributed by atoms with van der Waals surface area (Å²) in [5, 5.41) is 9.04. The van der Waals surface area contributed by atoms with Crippen molar-refractivity contribution >= 4 is 5.52 Å². The molecule has 0 unspecified atom stereocenters. The molecule has 0 radical (unpaired) electrons. The zero-order chi connectivity index (χ0) is 6.97. The van der Waals surface area contributed by atoms with Gasteiger partial charge in [-0.1, -0.05) is 6.07 Å². The van der Waals surface area contributed by atoms with Gasteiger partial charge in [0.2, 0.25) is 0 Å². The van der Waals surface area contributed by atoms with Crippen LogP contribution < -0.4 is 0 Å². The van der Waals surface area contributed by atoms with E-state index in [9.17, 15) is 0 Å². The average molecular weight is 133 g/mol. The SMILES string of the molecule is Oc1cc2ccccn2c1. The Labute approximate surface area is 58.3 Å². The van der Waals surface area contributed by atoms with E-state index in [4.69, 9.17) is 5.11 Å². The number of aromatic hydroxyl groups is 1. The summed E-state index contributed by atoms with van der Waals surface area (Å²) in [6.07, 6.45) is 3.57. The monoisotopic (exact) mass is 133 g/mol. The number of aromatic nitrogens is 1. The molecule has 0 aliphatic carbocycles. The molecule has 0 saturated carbocycles. The van der Waals surface area contributed by atoms with Crippen molar-refractivity contribution in [3.05, 3.63) is 36.7 Å². The van der Waals surface area contributed by atoms with Crippen molar-refractivity contribution in [1.82, 2.24) is 4.40 Å². The fourth-order valence-electron chi connectivity index (χ4n) is 1.04. The van der Waals surface area contributed by atoms with E-state index in [0.717, 1.165) is 5.52 Å². The first kappa shape index (κ1) is 5.35. The molecule has 0 atom stereocenters. The molecule has 2 heterocycles. The van der Waals surface area contributed by atoms with Gasteiger partial charge in [-0.15, -0.1) is 0 Å². The Hall–Kier alpha value is -1.44. The van der Waals surface area contributed by atoms with Crippen molar-refractivity contribution in [2.45, 2.75) is 0 Å². The van der Waals surface area contributed by atoms with Crippen LogP contribution in [0.2, 0.25) is 0 Å². The van der Waals surface area contributed by atoms with E-state index in [1.807, 2.05) is 28.8 Å². The van der Waals surface area contributed by atoms with Crippen LogP contribution in [0.1, 0.15) is 0 Å². The molecule has 1 N–H and O–H groups in total. The smallest absolute Gasteiger partial charge is 0.134 e. The Balaban J connectivity index is 2.88. The molecule has 0 spiro atoms. The van der Waals surface area contributed by atoms with Crippen LogP contribution in [0.3, 0.4) is 0 Å². The molecule has 50 valence electrons. The molecular weight excluding hydrogens is 126 g/mol. The maximum absolute atomic E-state index is 9.04. The molecule has 2 nitrogen and oxygen atoms in total. The van der Waals surface area contributed by atoms with Crippen molar-refractivity contribution in [3.8, 4) is 5.75 Å². The molecular formula is C8H7NO. The molecule has 2 rings (SSSR count). The molecule has 0 aliphatic rings. The van der Waals surface area contributed by atoms with Gasteiger partial charge < -0.3 is 9.51 Å². The Bertz CT molecular complexity index is 318. The van der Waals surface area contributed by atoms with Crippen LogP contribution >= 0.6 is 0 Å². The largest absolute Gasteiger partial charge is 0.506 e. The molecule has 2 heteroatoms. The van der Waals surface area contributed by atoms with Crippen molar-refractivity contribution in [1.29, 1.82) is 0 Å². The maximum atomic E-state index is 9.04. The van der Waals surface area contributed by atoms with Gasteiger partial charge in [-0.2, -0.15) is 0 Å². The maximum Gasteiger partial charge on any atom is 0.134 e. The molecule has 2 aromatic rings. The van der Waals surface area contributed by atoms with Gasteiger partial charge in [0.25, 0.3) is 0 Å². The summed E-state index contributed by atoms with van der Waals surface area (Å²) in [7, 11) is 0. The summed E-state index contributed by atoms with van der Waals surface area (Å²) in [6, 6.07) is 7.53. The highest BCUT2D eigenvalue weighted by molar-refractivity contribution is 5.51. The fourth-order valence-corrected chi connectivity index (χ4v) is 1.04. The van der Waals surface area contributed by atoms with Crippen LogP contribution in [0.25, 0.3) is 5.52 Å². The van der Waals surface area contributed by atoms with Crippen molar-refractivity contribution in [3.63, 3.8) is 0 Å². The van der Waals surface area contributed by atoms with Crippen LogP contribution in [0, 0.1) is 0 Å². The third-order valence-corrected chi connectivity index (χ3v) is 1.49. The molecule has 10 heavy (non-hydrogen) atoms. The Morgan fingerprint density at radius 1 is 1.30 bits per heavy atom. The molecule has 0 aliphatic heterocycles. The van der Waals surface area contributed by atoms with Gasteiger partial charge in [0.1, 0.15) is 5.75 Å². The third kappa shape index (κ3) is 0.658. The lowest BCUT2D eigenvalue weighted by Gasteiger charge is -1.88. The minimum Gasteiger partial charge on any atom is -0.506 e. The van der Waals surface area contributed by atoms with E-state index >= 15 is 0 Å². The van der Waals surface area contributed by atoms with E-state index in [1.54, 1.807) is 12.3 Å².